The van der Waals surface area contributed by atoms with Gasteiger partial charge >= 0.3 is 5.97 Å². The van der Waals surface area contributed by atoms with Gasteiger partial charge in [0, 0.05) is 48.9 Å². The second-order valence-corrected chi connectivity index (χ2v) is 16.9. The number of esters is 1. The summed E-state index contributed by atoms with van der Waals surface area (Å²) in [6.45, 7) is 13.5. The van der Waals surface area contributed by atoms with Crippen LogP contribution in [0.3, 0.4) is 0 Å². The highest BCUT2D eigenvalue weighted by Gasteiger charge is 2.38. The molecule has 1 fully saturated rings. The number of piperidine rings is 1. The molecule has 4 amide bonds. The van der Waals surface area contributed by atoms with E-state index in [0.29, 0.717) is 31.1 Å². The van der Waals surface area contributed by atoms with Crippen LogP contribution >= 0.6 is 11.3 Å². The molecule has 1 aromatic carbocycles. The van der Waals surface area contributed by atoms with Gasteiger partial charge in [0.2, 0.25) is 17.7 Å². The Hall–Kier alpha value is -4.65. The monoisotopic (exact) mass is 899 g/mol. The third-order valence-corrected chi connectivity index (χ3v) is 11.9. The van der Waals surface area contributed by atoms with Crippen LogP contribution in [-0.2, 0) is 44.5 Å². The van der Waals surface area contributed by atoms with E-state index in [1.165, 1.54) is 11.3 Å². The Morgan fingerprint density at radius 2 is 1.78 bits per heavy atom. The molecule has 0 spiro atoms. The molecule has 0 bridgehead atoms. The number of likely N-dealkylation sites (N-methyl/N-ethyl adjacent to an activating group) is 1. The van der Waals surface area contributed by atoms with Crippen LogP contribution in [0.4, 0.5) is 0 Å². The number of thiazole rings is 1. The molecule has 3 rings (SSSR count). The zero-order chi connectivity index (χ0) is 46.1. The molecule has 0 unspecified atom stereocenters. The van der Waals surface area contributed by atoms with Crippen molar-refractivity contribution in [3.8, 4) is 0 Å². The molecule has 1 aliphatic rings. The molecule has 350 valence electrons. The van der Waals surface area contributed by atoms with Crippen molar-refractivity contribution >= 4 is 40.9 Å². The highest BCUT2D eigenvalue weighted by atomic mass is 32.1. The first-order valence-corrected chi connectivity index (χ1v) is 23.0. The zero-order valence-corrected chi connectivity index (χ0v) is 38.9. The molecule has 1 saturated heterocycles. The van der Waals surface area contributed by atoms with Crippen molar-refractivity contribution in [2.75, 3.05) is 66.4 Å². The predicted molar refractivity (Wildman–Crippen MR) is 240 cm³/mol. The van der Waals surface area contributed by atoms with Crippen LogP contribution in [0, 0.1) is 11.8 Å². The molecule has 18 nitrogen and oxygen atoms in total. The number of azide groups is 1. The van der Waals surface area contributed by atoms with Crippen LogP contribution in [0.25, 0.3) is 10.4 Å². The maximum atomic E-state index is 14.7. The lowest BCUT2D eigenvalue weighted by molar-refractivity contribution is -0.149. The SMILES string of the molecule is CCCO[C@H](C[C@H](C(C)C)N(COCC)C(=O)[C@@H](NC(=O)[C@H]1CCCCN1C)[C@@H](C)CC)c1nc(C(=O)N[C@@H](Cc2ccccc2)C(=O)NCC(=O)OCCOCCN=[N+]=[N-])cs1. The van der Waals surface area contributed by atoms with Crippen molar-refractivity contribution in [3.63, 3.8) is 0 Å². The molecule has 2 heterocycles. The number of benzene rings is 1. The topological polar surface area (TPSA) is 226 Å². The summed E-state index contributed by atoms with van der Waals surface area (Å²) in [5, 5.41) is 14.0. The fourth-order valence-corrected chi connectivity index (χ4v) is 8.00. The minimum Gasteiger partial charge on any atom is -0.462 e. The van der Waals surface area contributed by atoms with E-state index >= 15 is 0 Å². The largest absolute Gasteiger partial charge is 0.462 e. The van der Waals surface area contributed by atoms with E-state index < -0.39 is 48.6 Å². The number of hydrogen-bond donors (Lipinski definition) is 3. The normalized spacial score (nSPS) is 16.5. The number of carbonyl (C=O) groups is 5. The van der Waals surface area contributed by atoms with Crippen LogP contribution in [-0.4, -0.2) is 135 Å². The van der Waals surface area contributed by atoms with E-state index in [1.807, 2.05) is 78.9 Å². The van der Waals surface area contributed by atoms with Crippen LogP contribution in [0.2, 0.25) is 0 Å². The molecule has 19 heteroatoms. The maximum Gasteiger partial charge on any atom is 0.325 e. The number of nitrogens with zero attached hydrogens (tertiary/aromatic N) is 6. The molecule has 6 atom stereocenters. The van der Waals surface area contributed by atoms with E-state index in [4.69, 9.17) is 29.5 Å². The minimum atomic E-state index is -1.06. The molecule has 0 aliphatic carbocycles. The van der Waals surface area contributed by atoms with E-state index in [2.05, 4.69) is 30.9 Å². The lowest BCUT2D eigenvalue weighted by Gasteiger charge is -2.40. The van der Waals surface area contributed by atoms with Crippen molar-refractivity contribution in [1.29, 1.82) is 0 Å². The summed E-state index contributed by atoms with van der Waals surface area (Å²) >= 11 is 1.25. The Kier molecular flexibility index (Phi) is 24.2. The standard InChI is InChI=1S/C44H69N9O9S/c1-8-21-61-37(26-36(30(4)5)53(29-59-10-3)44(58)39(31(6)9-2)50-42(57)35-18-14-15-20-52(35)7)43-49-34(28-63-43)41(56)48-33(25-32-16-12-11-13-17-32)40(55)46-27-38(54)62-24-23-60-22-19-47-51-45/h11-13,16-17,28,30-31,33,35-37,39H,8-10,14-15,18-27,29H2,1-7H3,(H,46,55)(H,48,56)(H,50,57)/t31-,33-,35+,36+,37+,39-/m0/s1. The number of aromatic nitrogens is 1. The van der Waals surface area contributed by atoms with Crippen molar-refractivity contribution in [1.82, 2.24) is 30.7 Å². The second-order valence-electron chi connectivity index (χ2n) is 16.0. The number of hydrogen-bond acceptors (Lipinski definition) is 13. The Morgan fingerprint density at radius 3 is 2.44 bits per heavy atom. The predicted octanol–water partition coefficient (Wildman–Crippen LogP) is 5.19. The second kappa shape index (κ2) is 28.9. The Morgan fingerprint density at radius 1 is 1.02 bits per heavy atom. The van der Waals surface area contributed by atoms with E-state index in [-0.39, 0.29) is 74.9 Å². The third kappa shape index (κ3) is 17.8. The highest BCUT2D eigenvalue weighted by molar-refractivity contribution is 7.09. The summed E-state index contributed by atoms with van der Waals surface area (Å²) in [6, 6.07) is 6.64. The number of ether oxygens (including phenoxy) is 4. The molecular formula is C44H69N9O9S. The molecule has 0 radical (unpaired) electrons. The van der Waals surface area contributed by atoms with Gasteiger partial charge in [-0.25, -0.2) is 4.98 Å². The molecule has 1 aliphatic heterocycles. The van der Waals surface area contributed by atoms with Crippen molar-refractivity contribution < 1.29 is 42.9 Å². The van der Waals surface area contributed by atoms with Gasteiger partial charge in [0.25, 0.3) is 5.91 Å². The summed E-state index contributed by atoms with van der Waals surface area (Å²) in [6.07, 6.45) is 4.01. The van der Waals surface area contributed by atoms with Gasteiger partial charge in [0.1, 0.15) is 48.8 Å². The first-order chi connectivity index (χ1) is 30.3. The van der Waals surface area contributed by atoms with Gasteiger partial charge in [-0.2, -0.15) is 0 Å². The molecular weight excluding hydrogens is 831 g/mol. The third-order valence-electron chi connectivity index (χ3n) is 10.9. The van der Waals surface area contributed by atoms with Gasteiger partial charge in [-0.05, 0) is 62.7 Å². The quantitative estimate of drug-likeness (QED) is 0.0241. The Balaban J connectivity index is 1.81. The first-order valence-electron chi connectivity index (χ1n) is 22.2. The molecule has 2 aromatic rings. The number of rotatable bonds is 29. The molecule has 63 heavy (non-hydrogen) atoms. The summed E-state index contributed by atoms with van der Waals surface area (Å²) in [5.74, 6) is -2.44. The van der Waals surface area contributed by atoms with Gasteiger partial charge in [-0.1, -0.05) is 82.9 Å². The van der Waals surface area contributed by atoms with Gasteiger partial charge in [0.05, 0.1) is 19.3 Å². The fourth-order valence-electron chi connectivity index (χ4n) is 7.14. The first kappa shape index (κ1) is 52.7. The maximum absolute atomic E-state index is 14.7. The zero-order valence-electron chi connectivity index (χ0n) is 38.1. The minimum absolute atomic E-state index is 0.0213. The van der Waals surface area contributed by atoms with E-state index in [0.717, 1.165) is 37.8 Å². The van der Waals surface area contributed by atoms with Crippen LogP contribution in [0.15, 0.2) is 40.8 Å². The fraction of sp³-hybridized carbons (Fsp3) is 0.682. The summed E-state index contributed by atoms with van der Waals surface area (Å²) < 4.78 is 22.7. The van der Waals surface area contributed by atoms with Gasteiger partial charge in [0.15, 0.2) is 0 Å². The van der Waals surface area contributed by atoms with Crippen LogP contribution < -0.4 is 16.0 Å². The molecule has 0 saturated carbocycles. The average molecular weight is 900 g/mol. The van der Waals surface area contributed by atoms with Crippen molar-refractivity contribution in [3.05, 3.63) is 62.4 Å². The lowest BCUT2D eigenvalue weighted by Crippen LogP contribution is -2.59. The number of likely N-dealkylation sites (tertiary alicyclic amines) is 1. The smallest absolute Gasteiger partial charge is 0.325 e. The Bertz CT molecular complexity index is 1760. The summed E-state index contributed by atoms with van der Waals surface area (Å²) in [7, 11) is 1.95. The van der Waals surface area contributed by atoms with Crippen LogP contribution in [0.1, 0.15) is 107 Å². The van der Waals surface area contributed by atoms with E-state index in [1.54, 1.807) is 10.3 Å². The molecule has 1 aromatic heterocycles. The Labute approximate surface area is 376 Å². The van der Waals surface area contributed by atoms with Gasteiger partial charge < -0.3 is 39.8 Å². The molecule has 3 N–H and O–H groups in total. The number of amides is 4. The van der Waals surface area contributed by atoms with Crippen molar-refractivity contribution in [2.24, 2.45) is 17.0 Å². The summed E-state index contributed by atoms with van der Waals surface area (Å²) in [4.78, 5) is 79.2. The lowest BCUT2D eigenvalue weighted by atomic mass is 9.92. The van der Waals surface area contributed by atoms with E-state index in [9.17, 15) is 24.0 Å². The average Bonchev–Trinajstić information content (AvgIpc) is 3.78. The number of nitrogens with one attached hydrogen (secondary N) is 3. The van der Waals surface area contributed by atoms with Gasteiger partial charge in [-0.15, -0.1) is 11.3 Å². The van der Waals surface area contributed by atoms with Crippen LogP contribution in [0.5, 0.6) is 0 Å². The summed E-state index contributed by atoms with van der Waals surface area (Å²) in [5.41, 5.74) is 9.21. The highest BCUT2D eigenvalue weighted by Crippen LogP contribution is 2.32. The van der Waals surface area contributed by atoms with Gasteiger partial charge in [-0.3, -0.25) is 28.9 Å². The number of carbonyl (C=O) groups excluding carboxylic acids is 5. The van der Waals surface area contributed by atoms with Crippen molar-refractivity contribution in [2.45, 2.75) is 117 Å².